The summed E-state index contributed by atoms with van der Waals surface area (Å²) in [6.07, 6.45) is -0.0529. The van der Waals surface area contributed by atoms with E-state index < -0.39 is 6.10 Å². The highest BCUT2D eigenvalue weighted by Gasteiger charge is 2.11. The van der Waals surface area contributed by atoms with Gasteiger partial charge in [-0.25, -0.2) is 0 Å². The van der Waals surface area contributed by atoms with Crippen LogP contribution in [-0.4, -0.2) is 41.8 Å². The lowest BCUT2D eigenvalue weighted by Gasteiger charge is -2.09. The summed E-state index contributed by atoms with van der Waals surface area (Å²) in [5, 5.41) is 13.8. The number of aryl methyl sites for hydroxylation is 1. The van der Waals surface area contributed by atoms with E-state index in [1.165, 1.54) is 18.6 Å². The summed E-state index contributed by atoms with van der Waals surface area (Å²) in [5.41, 5.74) is 1.34. The van der Waals surface area contributed by atoms with Crippen LogP contribution in [0.15, 0.2) is 5.38 Å². The maximum atomic E-state index is 11.6. The van der Waals surface area contributed by atoms with Gasteiger partial charge in [0, 0.05) is 19.0 Å². The first kappa shape index (κ1) is 13.1. The molecular formula is C10H16N2O3S. The van der Waals surface area contributed by atoms with Crippen LogP contribution in [0.2, 0.25) is 0 Å². The number of rotatable bonds is 6. The zero-order valence-electron chi connectivity index (χ0n) is 9.40. The van der Waals surface area contributed by atoms with Crippen molar-refractivity contribution in [2.24, 2.45) is 0 Å². The molecule has 16 heavy (non-hydrogen) atoms. The van der Waals surface area contributed by atoms with Crippen LogP contribution in [-0.2, 0) is 4.74 Å². The van der Waals surface area contributed by atoms with E-state index in [0.29, 0.717) is 18.5 Å². The summed E-state index contributed by atoms with van der Waals surface area (Å²) in [7, 11) is 1.53. The second-order valence-electron chi connectivity index (χ2n) is 3.47. The van der Waals surface area contributed by atoms with Gasteiger partial charge in [-0.05, 0) is 24.9 Å². The molecule has 1 aromatic rings. The summed E-state index contributed by atoms with van der Waals surface area (Å²) in [6, 6.07) is 0. The van der Waals surface area contributed by atoms with E-state index in [9.17, 15) is 9.90 Å². The van der Waals surface area contributed by atoms with Crippen molar-refractivity contribution in [1.82, 2.24) is 9.69 Å². The van der Waals surface area contributed by atoms with Crippen LogP contribution in [0.25, 0.3) is 0 Å². The fourth-order valence-corrected chi connectivity index (χ4v) is 1.93. The van der Waals surface area contributed by atoms with Gasteiger partial charge in [0.25, 0.3) is 5.91 Å². The van der Waals surface area contributed by atoms with Crippen molar-refractivity contribution in [3.05, 3.63) is 16.6 Å². The number of aromatic nitrogens is 1. The Labute approximate surface area is 98.6 Å². The molecule has 2 N–H and O–H groups in total. The van der Waals surface area contributed by atoms with Gasteiger partial charge in [0.05, 0.1) is 24.0 Å². The Morgan fingerprint density at radius 1 is 1.75 bits per heavy atom. The number of nitrogens with zero attached hydrogens (tertiary/aromatic N) is 1. The second kappa shape index (κ2) is 6.57. The Balaban J connectivity index is 2.29. The maximum absolute atomic E-state index is 11.6. The molecule has 0 radical (unpaired) electrons. The summed E-state index contributed by atoms with van der Waals surface area (Å²) < 4.78 is 8.80. The smallest absolute Gasteiger partial charge is 0.254 e. The number of amides is 1. The Morgan fingerprint density at radius 3 is 3.06 bits per heavy atom. The summed E-state index contributed by atoms with van der Waals surface area (Å²) in [6.45, 7) is 2.51. The highest BCUT2D eigenvalue weighted by Crippen LogP contribution is 2.08. The zero-order chi connectivity index (χ0) is 12.0. The Hall–Kier alpha value is -0.980. The van der Waals surface area contributed by atoms with Gasteiger partial charge in [-0.15, -0.1) is 0 Å². The van der Waals surface area contributed by atoms with Crippen molar-refractivity contribution in [3.63, 3.8) is 0 Å². The molecule has 0 fully saturated rings. The molecule has 0 saturated carbocycles. The van der Waals surface area contributed by atoms with E-state index in [-0.39, 0.29) is 12.5 Å². The summed E-state index contributed by atoms with van der Waals surface area (Å²) >= 11 is 1.26. The molecule has 0 aliphatic carbocycles. The van der Waals surface area contributed by atoms with Gasteiger partial charge in [-0.3, -0.25) is 4.79 Å². The average molecular weight is 244 g/mol. The third-order valence-corrected chi connectivity index (χ3v) is 2.84. The molecule has 0 saturated heterocycles. The Kier molecular flexibility index (Phi) is 5.37. The minimum absolute atomic E-state index is 0.143. The molecule has 1 aromatic heterocycles. The van der Waals surface area contributed by atoms with Crippen molar-refractivity contribution in [2.45, 2.75) is 19.4 Å². The predicted octanol–water partition coefficient (Wildman–Crippen LogP) is 0.579. The molecule has 90 valence electrons. The first-order valence-corrected chi connectivity index (χ1v) is 5.85. The fourth-order valence-electron chi connectivity index (χ4n) is 1.23. The monoisotopic (exact) mass is 244 g/mol. The second-order valence-corrected chi connectivity index (χ2v) is 4.10. The third kappa shape index (κ3) is 3.88. The van der Waals surface area contributed by atoms with Crippen LogP contribution < -0.4 is 5.32 Å². The summed E-state index contributed by atoms with van der Waals surface area (Å²) in [5.74, 6) is -0.143. The Morgan fingerprint density at radius 2 is 2.50 bits per heavy atom. The standard InChI is InChI=1S/C10H16N2O3S/c1-7-9(6-16-12-7)10(14)11-4-3-8(13)5-15-2/h6,8,13H,3-5H2,1-2H3,(H,11,14). The normalized spacial score (nSPS) is 12.4. The van der Waals surface area contributed by atoms with E-state index in [1.54, 1.807) is 12.3 Å². The number of hydrogen-bond donors (Lipinski definition) is 2. The van der Waals surface area contributed by atoms with E-state index in [2.05, 4.69) is 9.69 Å². The first-order valence-electron chi connectivity index (χ1n) is 5.01. The molecule has 5 nitrogen and oxygen atoms in total. The van der Waals surface area contributed by atoms with Gasteiger partial charge in [0.15, 0.2) is 0 Å². The van der Waals surface area contributed by atoms with Crippen LogP contribution in [0.5, 0.6) is 0 Å². The number of carbonyl (C=O) groups excluding carboxylic acids is 1. The fraction of sp³-hybridized carbons (Fsp3) is 0.600. The predicted molar refractivity (Wildman–Crippen MR) is 61.7 cm³/mol. The lowest BCUT2D eigenvalue weighted by molar-refractivity contribution is 0.0587. The van der Waals surface area contributed by atoms with Crippen molar-refractivity contribution in [3.8, 4) is 0 Å². The van der Waals surface area contributed by atoms with Crippen molar-refractivity contribution < 1.29 is 14.6 Å². The van der Waals surface area contributed by atoms with E-state index >= 15 is 0 Å². The van der Waals surface area contributed by atoms with Crippen LogP contribution in [0.3, 0.4) is 0 Å². The number of methoxy groups -OCH3 is 1. The van der Waals surface area contributed by atoms with Gasteiger partial charge >= 0.3 is 0 Å². The number of aliphatic hydroxyl groups is 1. The molecule has 0 aliphatic heterocycles. The molecule has 1 unspecified atom stereocenters. The maximum Gasteiger partial charge on any atom is 0.254 e. The zero-order valence-corrected chi connectivity index (χ0v) is 10.2. The molecule has 6 heteroatoms. The SMILES string of the molecule is COCC(O)CCNC(=O)c1csnc1C. The van der Waals surface area contributed by atoms with E-state index in [0.717, 1.165) is 5.69 Å². The third-order valence-electron chi connectivity index (χ3n) is 2.12. The lowest BCUT2D eigenvalue weighted by Crippen LogP contribution is -2.28. The average Bonchev–Trinajstić information content (AvgIpc) is 2.64. The lowest BCUT2D eigenvalue weighted by atomic mass is 10.2. The number of aliphatic hydroxyl groups excluding tert-OH is 1. The highest BCUT2D eigenvalue weighted by molar-refractivity contribution is 7.03. The number of hydrogen-bond acceptors (Lipinski definition) is 5. The molecule has 1 rings (SSSR count). The largest absolute Gasteiger partial charge is 0.391 e. The minimum Gasteiger partial charge on any atom is -0.391 e. The van der Waals surface area contributed by atoms with Gasteiger partial charge in [-0.2, -0.15) is 4.37 Å². The molecular weight excluding hydrogens is 228 g/mol. The van der Waals surface area contributed by atoms with Gasteiger partial charge in [0.1, 0.15) is 0 Å². The topological polar surface area (TPSA) is 71.5 Å². The van der Waals surface area contributed by atoms with Crippen LogP contribution in [0, 0.1) is 6.92 Å². The first-order chi connectivity index (χ1) is 7.65. The Bertz CT molecular complexity index is 341. The van der Waals surface area contributed by atoms with Crippen LogP contribution in [0.1, 0.15) is 22.5 Å². The quantitative estimate of drug-likeness (QED) is 0.768. The van der Waals surface area contributed by atoms with Gasteiger partial charge in [-0.1, -0.05) is 0 Å². The minimum atomic E-state index is -0.535. The number of ether oxygens (including phenoxy) is 1. The van der Waals surface area contributed by atoms with Crippen molar-refractivity contribution in [2.75, 3.05) is 20.3 Å². The van der Waals surface area contributed by atoms with E-state index in [4.69, 9.17) is 4.74 Å². The molecule has 1 heterocycles. The highest BCUT2D eigenvalue weighted by atomic mass is 32.1. The number of carbonyl (C=O) groups is 1. The van der Waals surface area contributed by atoms with Crippen molar-refractivity contribution >= 4 is 17.4 Å². The summed E-state index contributed by atoms with van der Waals surface area (Å²) in [4.78, 5) is 11.6. The molecule has 0 bridgehead atoms. The molecule has 1 amide bonds. The van der Waals surface area contributed by atoms with Gasteiger partial charge < -0.3 is 15.2 Å². The molecule has 0 spiro atoms. The molecule has 1 atom stereocenters. The van der Waals surface area contributed by atoms with Crippen molar-refractivity contribution in [1.29, 1.82) is 0 Å². The molecule has 0 aliphatic rings. The molecule has 0 aromatic carbocycles. The van der Waals surface area contributed by atoms with Crippen LogP contribution in [0.4, 0.5) is 0 Å². The van der Waals surface area contributed by atoms with E-state index in [1.807, 2.05) is 0 Å². The number of nitrogens with one attached hydrogen (secondary N) is 1. The van der Waals surface area contributed by atoms with Crippen LogP contribution >= 0.6 is 11.5 Å². The van der Waals surface area contributed by atoms with Gasteiger partial charge in [0.2, 0.25) is 0 Å².